The molecule has 0 atom stereocenters. The number of aldehydes is 1. The molecule has 0 aliphatic carbocycles. The maximum atomic E-state index is 13.8. The number of carbonyl (C=O) groups excluding carboxylic acids is 1. The van der Waals surface area contributed by atoms with E-state index in [1.54, 1.807) is 24.3 Å². The van der Waals surface area contributed by atoms with Gasteiger partial charge in [0.05, 0.1) is 11.1 Å². The lowest BCUT2D eigenvalue weighted by molar-refractivity contribution is -0.107. The third-order valence-corrected chi connectivity index (χ3v) is 3.96. The Bertz CT molecular complexity index is 1210. The minimum atomic E-state index is -0.876. The molecule has 0 bridgehead atoms. The maximum Gasteiger partial charge on any atom is 0.275 e. The summed E-state index contributed by atoms with van der Waals surface area (Å²) >= 11 is 0. The molecule has 0 spiro atoms. The highest BCUT2D eigenvalue weighted by molar-refractivity contribution is 5.85. The van der Waals surface area contributed by atoms with Crippen molar-refractivity contribution in [2.24, 2.45) is 0 Å². The molecule has 0 aliphatic heterocycles. The molecule has 130 valence electrons. The summed E-state index contributed by atoms with van der Waals surface area (Å²) in [5.41, 5.74) is -0.143. The predicted molar refractivity (Wildman–Crippen MR) is 88.8 cm³/mol. The number of oxazole rings is 1. The normalized spacial score (nSPS) is 11.3. The van der Waals surface area contributed by atoms with Crippen LogP contribution in [0.3, 0.4) is 0 Å². The van der Waals surface area contributed by atoms with E-state index in [0.717, 1.165) is 10.7 Å². The lowest BCUT2D eigenvalue weighted by Gasteiger charge is -2.08. The highest BCUT2D eigenvalue weighted by Crippen LogP contribution is 2.21. The Morgan fingerprint density at radius 1 is 1.15 bits per heavy atom. The number of hydrogen-bond donors (Lipinski definition) is 0. The second-order valence-electron chi connectivity index (χ2n) is 5.67. The lowest BCUT2D eigenvalue weighted by atomic mass is 10.1. The monoisotopic (exact) mass is 355 g/mol. The molecular formula is C18H11F2N3O3. The summed E-state index contributed by atoms with van der Waals surface area (Å²) in [5, 5.41) is 5.19. The number of benzene rings is 2. The molecule has 26 heavy (non-hydrogen) atoms. The van der Waals surface area contributed by atoms with Crippen LogP contribution in [-0.4, -0.2) is 21.1 Å². The number of aromatic nitrogens is 3. The zero-order chi connectivity index (χ0) is 18.3. The first-order valence-corrected chi connectivity index (χ1v) is 7.73. The minimum absolute atomic E-state index is 0.00596. The average Bonchev–Trinajstić information content (AvgIpc) is 3.02. The van der Waals surface area contributed by atoms with Gasteiger partial charge in [-0.25, -0.2) is 18.4 Å². The van der Waals surface area contributed by atoms with Crippen LogP contribution in [0.5, 0.6) is 0 Å². The third kappa shape index (κ3) is 2.65. The van der Waals surface area contributed by atoms with Gasteiger partial charge in [0.1, 0.15) is 24.2 Å². The van der Waals surface area contributed by atoms with E-state index in [1.165, 1.54) is 0 Å². The fraction of sp³-hybridized carbons (Fsp3) is 0.111. The molecule has 8 heteroatoms. The molecule has 2 heterocycles. The van der Waals surface area contributed by atoms with E-state index in [0.29, 0.717) is 28.8 Å². The number of nitrogens with zero attached hydrogens (tertiary/aromatic N) is 3. The summed E-state index contributed by atoms with van der Waals surface area (Å²) in [6.45, 7) is -0.175. The highest BCUT2D eigenvalue weighted by Gasteiger charge is 2.15. The van der Waals surface area contributed by atoms with E-state index in [2.05, 4.69) is 10.1 Å². The van der Waals surface area contributed by atoms with Crippen LogP contribution in [0.1, 0.15) is 11.6 Å². The van der Waals surface area contributed by atoms with Gasteiger partial charge in [-0.15, -0.1) is 0 Å². The lowest BCUT2D eigenvalue weighted by Crippen LogP contribution is -2.25. The van der Waals surface area contributed by atoms with Crippen LogP contribution in [0.2, 0.25) is 0 Å². The van der Waals surface area contributed by atoms with E-state index in [1.807, 2.05) is 0 Å². The molecule has 0 unspecified atom stereocenters. The van der Waals surface area contributed by atoms with Gasteiger partial charge >= 0.3 is 0 Å². The van der Waals surface area contributed by atoms with E-state index >= 15 is 0 Å². The second kappa shape index (κ2) is 6.14. The quantitative estimate of drug-likeness (QED) is 0.526. The Balaban J connectivity index is 1.85. The number of fused-ring (bicyclic) bond motifs is 2. The number of carbonyl (C=O) groups is 1. The van der Waals surface area contributed by atoms with Crippen molar-refractivity contribution in [3.8, 4) is 0 Å². The molecule has 4 rings (SSSR count). The summed E-state index contributed by atoms with van der Waals surface area (Å²) in [5.74, 6) is -1.64. The molecule has 0 saturated heterocycles. The van der Waals surface area contributed by atoms with Gasteiger partial charge in [-0.05, 0) is 6.07 Å². The van der Waals surface area contributed by atoms with Crippen LogP contribution in [0, 0.1) is 11.6 Å². The first-order chi connectivity index (χ1) is 12.6. The van der Waals surface area contributed by atoms with Gasteiger partial charge in [0, 0.05) is 23.9 Å². The molecular weight excluding hydrogens is 344 g/mol. The first-order valence-electron chi connectivity index (χ1n) is 7.73. The molecule has 2 aromatic carbocycles. The molecule has 4 aromatic rings. The molecule has 0 N–H and O–H groups in total. The first kappa shape index (κ1) is 16.1. The SMILES string of the molecule is O=CCc1nn(Cc2nc3cc(F)cc(F)c3o2)c(=O)c2ccccc12. The van der Waals surface area contributed by atoms with Crippen molar-refractivity contribution in [1.29, 1.82) is 0 Å². The number of hydrogen-bond acceptors (Lipinski definition) is 5. The Labute approximate surface area is 144 Å². The summed E-state index contributed by atoms with van der Waals surface area (Å²) in [7, 11) is 0. The zero-order valence-corrected chi connectivity index (χ0v) is 13.3. The van der Waals surface area contributed by atoms with Crippen LogP contribution in [-0.2, 0) is 17.8 Å². The van der Waals surface area contributed by atoms with E-state index in [9.17, 15) is 18.4 Å². The fourth-order valence-electron chi connectivity index (χ4n) is 2.84. The van der Waals surface area contributed by atoms with Gasteiger partial charge < -0.3 is 9.21 Å². The molecule has 0 fully saturated rings. The second-order valence-corrected chi connectivity index (χ2v) is 5.67. The molecule has 0 saturated carbocycles. The van der Waals surface area contributed by atoms with Crippen molar-refractivity contribution >= 4 is 28.2 Å². The molecule has 0 radical (unpaired) electrons. The molecule has 2 aromatic heterocycles. The van der Waals surface area contributed by atoms with Gasteiger partial charge in [-0.3, -0.25) is 4.79 Å². The van der Waals surface area contributed by atoms with Gasteiger partial charge in [-0.2, -0.15) is 5.10 Å². The standard InChI is InChI=1S/C18H11F2N3O3/c19-10-7-13(20)17-15(8-10)21-16(26-17)9-23-18(25)12-4-2-1-3-11(12)14(22-23)5-6-24/h1-4,6-8H,5,9H2. The summed E-state index contributed by atoms with van der Waals surface area (Å²) in [6, 6.07) is 8.53. The highest BCUT2D eigenvalue weighted by atomic mass is 19.1. The molecule has 6 nitrogen and oxygen atoms in total. The van der Waals surface area contributed by atoms with Crippen LogP contribution in [0.25, 0.3) is 21.9 Å². The summed E-state index contributed by atoms with van der Waals surface area (Å²) in [4.78, 5) is 27.6. The van der Waals surface area contributed by atoms with Crippen LogP contribution >= 0.6 is 0 Å². The van der Waals surface area contributed by atoms with Crippen LogP contribution < -0.4 is 5.56 Å². The Morgan fingerprint density at radius 3 is 2.69 bits per heavy atom. The van der Waals surface area contributed by atoms with Crippen molar-refractivity contribution in [3.05, 3.63) is 70.0 Å². The van der Waals surface area contributed by atoms with Crippen molar-refractivity contribution < 1.29 is 18.0 Å². The van der Waals surface area contributed by atoms with Gasteiger partial charge in [0.25, 0.3) is 5.56 Å². The van der Waals surface area contributed by atoms with Crippen molar-refractivity contribution in [1.82, 2.24) is 14.8 Å². The van der Waals surface area contributed by atoms with Crippen LogP contribution in [0.15, 0.2) is 45.6 Å². The molecule has 0 amide bonds. The Kier molecular flexibility index (Phi) is 3.80. The third-order valence-electron chi connectivity index (χ3n) is 3.96. The fourth-order valence-corrected chi connectivity index (χ4v) is 2.84. The topological polar surface area (TPSA) is 78.0 Å². The summed E-state index contributed by atoms with van der Waals surface area (Å²) in [6.07, 6.45) is 0.732. The van der Waals surface area contributed by atoms with Gasteiger partial charge in [0.2, 0.25) is 5.89 Å². The van der Waals surface area contributed by atoms with E-state index in [4.69, 9.17) is 4.42 Å². The number of halogens is 2. The Morgan fingerprint density at radius 2 is 1.92 bits per heavy atom. The largest absolute Gasteiger partial charge is 0.436 e. The van der Waals surface area contributed by atoms with E-state index < -0.39 is 17.2 Å². The number of rotatable bonds is 4. The van der Waals surface area contributed by atoms with Crippen molar-refractivity contribution in [3.63, 3.8) is 0 Å². The van der Waals surface area contributed by atoms with Gasteiger partial charge in [0.15, 0.2) is 11.4 Å². The van der Waals surface area contributed by atoms with Crippen LogP contribution in [0.4, 0.5) is 8.78 Å². The van der Waals surface area contributed by atoms with Crippen molar-refractivity contribution in [2.75, 3.05) is 0 Å². The average molecular weight is 355 g/mol. The minimum Gasteiger partial charge on any atom is -0.436 e. The van der Waals surface area contributed by atoms with Crippen molar-refractivity contribution in [2.45, 2.75) is 13.0 Å². The zero-order valence-electron chi connectivity index (χ0n) is 13.3. The Hall–Kier alpha value is -3.42. The molecule has 0 aliphatic rings. The predicted octanol–water partition coefficient (Wildman–Crippen LogP) is 2.61. The summed E-state index contributed by atoms with van der Waals surface area (Å²) < 4.78 is 33.4. The smallest absolute Gasteiger partial charge is 0.275 e. The maximum absolute atomic E-state index is 13.8. The van der Waals surface area contributed by atoms with Gasteiger partial charge in [-0.1, -0.05) is 18.2 Å². The van der Waals surface area contributed by atoms with E-state index in [-0.39, 0.29) is 30.0 Å².